The molecule has 0 unspecified atom stereocenters. The van der Waals surface area contributed by atoms with Crippen molar-refractivity contribution in [1.82, 2.24) is 29.1 Å². The van der Waals surface area contributed by atoms with Gasteiger partial charge in [0.2, 0.25) is 5.95 Å². The summed E-state index contributed by atoms with van der Waals surface area (Å²) in [5, 5.41) is 6.88. The van der Waals surface area contributed by atoms with E-state index in [0.29, 0.717) is 5.95 Å². The molecule has 6 aromatic heterocycles. The van der Waals surface area contributed by atoms with Crippen LogP contribution in [0.15, 0.2) is 187 Å². The molecule has 0 saturated carbocycles. The summed E-state index contributed by atoms with van der Waals surface area (Å²) in [7, 11) is 0. The first-order valence-corrected chi connectivity index (χ1v) is 19.0. The lowest BCUT2D eigenvalue weighted by Crippen LogP contribution is -2.04. The second-order valence-electron chi connectivity index (χ2n) is 14.3. The summed E-state index contributed by atoms with van der Waals surface area (Å²) in [6.45, 7) is 0. The predicted octanol–water partition coefficient (Wildman–Crippen LogP) is 12.4. The van der Waals surface area contributed by atoms with E-state index in [1.807, 2.05) is 54.6 Å². The summed E-state index contributed by atoms with van der Waals surface area (Å²) >= 11 is 0. The Morgan fingerprint density at radius 3 is 1.51 bits per heavy atom. The lowest BCUT2D eigenvalue weighted by Gasteiger charge is -2.11. The van der Waals surface area contributed by atoms with E-state index in [1.165, 1.54) is 10.8 Å². The van der Waals surface area contributed by atoms with Gasteiger partial charge >= 0.3 is 0 Å². The average Bonchev–Trinajstić information content (AvgIpc) is 3.94. The molecule has 12 rings (SSSR count). The molecule has 0 aliphatic heterocycles. The highest BCUT2D eigenvalue weighted by Crippen LogP contribution is 2.39. The van der Waals surface area contributed by atoms with Crippen molar-refractivity contribution >= 4 is 65.6 Å². The SMILES string of the molecule is c1ccc(-c2cc(-c3ccccn3)nc(-n3c4ccccc4c4cc(-c5ccc6c(c5)c5ccccc5n6-c5ccc6oc7ccccc7c6c5)ccc43)n2)nc1. The minimum atomic E-state index is 0.564. The van der Waals surface area contributed by atoms with E-state index >= 15 is 0 Å². The Balaban J connectivity index is 1.03. The first-order valence-electron chi connectivity index (χ1n) is 19.0. The number of hydrogen-bond acceptors (Lipinski definition) is 5. The van der Waals surface area contributed by atoms with Crippen molar-refractivity contribution in [3.05, 3.63) is 182 Å². The molecule has 0 N–H and O–H groups in total. The number of furan rings is 1. The van der Waals surface area contributed by atoms with Gasteiger partial charge in [0, 0.05) is 50.4 Å². The van der Waals surface area contributed by atoms with Crippen molar-refractivity contribution in [2.45, 2.75) is 0 Å². The summed E-state index contributed by atoms with van der Waals surface area (Å²) in [4.78, 5) is 19.5. The van der Waals surface area contributed by atoms with Gasteiger partial charge in [-0.15, -0.1) is 0 Å². The van der Waals surface area contributed by atoms with E-state index in [4.69, 9.17) is 14.4 Å². The summed E-state index contributed by atoms with van der Waals surface area (Å²) in [5.74, 6) is 0.564. The third-order valence-electron chi connectivity index (χ3n) is 11.1. The van der Waals surface area contributed by atoms with Crippen molar-refractivity contribution < 1.29 is 4.42 Å². The van der Waals surface area contributed by atoms with Crippen molar-refractivity contribution in [1.29, 1.82) is 0 Å². The number of nitrogens with zero attached hydrogens (tertiary/aromatic N) is 6. The monoisotopic (exact) mass is 730 g/mol. The van der Waals surface area contributed by atoms with Crippen LogP contribution in [0.3, 0.4) is 0 Å². The second-order valence-corrected chi connectivity index (χ2v) is 14.3. The maximum atomic E-state index is 6.17. The smallest absolute Gasteiger partial charge is 0.235 e. The molecule has 7 heteroatoms. The number of aromatic nitrogens is 6. The molecule has 6 heterocycles. The number of rotatable bonds is 5. The topological polar surface area (TPSA) is 74.6 Å². The molecular weight excluding hydrogens is 701 g/mol. The summed E-state index contributed by atoms with van der Waals surface area (Å²) in [5.41, 5.74) is 12.5. The van der Waals surface area contributed by atoms with Crippen molar-refractivity contribution in [3.8, 4) is 45.5 Å². The predicted molar refractivity (Wildman–Crippen MR) is 230 cm³/mol. The number of hydrogen-bond donors (Lipinski definition) is 0. The van der Waals surface area contributed by atoms with Crippen molar-refractivity contribution in [3.63, 3.8) is 0 Å². The number of fused-ring (bicyclic) bond motifs is 9. The Labute approximate surface area is 325 Å². The van der Waals surface area contributed by atoms with E-state index in [2.05, 4.69) is 134 Å². The Bertz CT molecular complexity index is 3470. The van der Waals surface area contributed by atoms with Gasteiger partial charge in [0.25, 0.3) is 0 Å². The van der Waals surface area contributed by atoms with Crippen LogP contribution >= 0.6 is 0 Å². The van der Waals surface area contributed by atoms with Gasteiger partial charge in [0.05, 0.1) is 44.8 Å². The Morgan fingerprint density at radius 1 is 0.351 bits per heavy atom. The largest absolute Gasteiger partial charge is 0.456 e. The molecule has 0 aliphatic rings. The zero-order valence-corrected chi connectivity index (χ0v) is 30.4. The molecule has 0 aliphatic carbocycles. The number of benzene rings is 6. The van der Waals surface area contributed by atoms with Crippen LogP contribution in [-0.4, -0.2) is 29.1 Å². The highest BCUT2D eigenvalue weighted by Gasteiger charge is 2.19. The molecule has 6 aromatic carbocycles. The van der Waals surface area contributed by atoms with Crippen LogP contribution in [-0.2, 0) is 0 Å². The molecule has 0 atom stereocenters. The van der Waals surface area contributed by atoms with Crippen LogP contribution < -0.4 is 0 Å². The van der Waals surface area contributed by atoms with E-state index < -0.39 is 0 Å². The lowest BCUT2D eigenvalue weighted by atomic mass is 10.0. The molecular formula is C50H30N6O. The van der Waals surface area contributed by atoms with Gasteiger partial charge in [0.1, 0.15) is 11.2 Å². The summed E-state index contributed by atoms with van der Waals surface area (Å²) in [6, 6.07) is 59.1. The summed E-state index contributed by atoms with van der Waals surface area (Å²) < 4.78 is 10.7. The highest BCUT2D eigenvalue weighted by atomic mass is 16.3. The molecule has 7 nitrogen and oxygen atoms in total. The van der Waals surface area contributed by atoms with Gasteiger partial charge in [0.15, 0.2) is 0 Å². The Kier molecular flexibility index (Phi) is 6.79. The van der Waals surface area contributed by atoms with E-state index in [9.17, 15) is 0 Å². The highest BCUT2D eigenvalue weighted by molar-refractivity contribution is 6.13. The fourth-order valence-electron chi connectivity index (χ4n) is 8.48. The van der Waals surface area contributed by atoms with Gasteiger partial charge in [-0.05, 0) is 102 Å². The van der Waals surface area contributed by atoms with Crippen molar-refractivity contribution in [2.24, 2.45) is 0 Å². The fraction of sp³-hybridized carbons (Fsp3) is 0. The normalized spacial score (nSPS) is 11.9. The van der Waals surface area contributed by atoms with Gasteiger partial charge in [-0.2, -0.15) is 0 Å². The number of para-hydroxylation sites is 3. The third-order valence-corrected chi connectivity index (χ3v) is 11.1. The zero-order chi connectivity index (χ0) is 37.5. The summed E-state index contributed by atoms with van der Waals surface area (Å²) in [6.07, 6.45) is 3.58. The van der Waals surface area contributed by atoms with E-state index in [1.54, 1.807) is 12.4 Å². The quantitative estimate of drug-likeness (QED) is 0.176. The fourth-order valence-corrected chi connectivity index (χ4v) is 8.48. The van der Waals surface area contributed by atoms with Gasteiger partial charge in [-0.1, -0.05) is 78.9 Å². The van der Waals surface area contributed by atoms with Crippen molar-refractivity contribution in [2.75, 3.05) is 0 Å². The molecule has 57 heavy (non-hydrogen) atoms. The first-order chi connectivity index (χ1) is 28.2. The molecule has 0 amide bonds. The van der Waals surface area contributed by atoms with Gasteiger partial charge in [-0.3, -0.25) is 14.5 Å². The minimum absolute atomic E-state index is 0.564. The second kappa shape index (κ2) is 12.3. The van der Waals surface area contributed by atoms with Crippen LogP contribution in [0.5, 0.6) is 0 Å². The van der Waals surface area contributed by atoms with Gasteiger partial charge < -0.3 is 8.98 Å². The maximum absolute atomic E-state index is 6.17. The molecule has 0 spiro atoms. The average molecular weight is 731 g/mol. The molecule has 266 valence electrons. The molecule has 12 aromatic rings. The lowest BCUT2D eigenvalue weighted by molar-refractivity contribution is 0.669. The van der Waals surface area contributed by atoms with Crippen LogP contribution in [0.25, 0.3) is 111 Å². The number of pyridine rings is 2. The maximum Gasteiger partial charge on any atom is 0.235 e. The Hall–Kier alpha value is -7.90. The standard InChI is InChI=1S/C50H30N6O/c1-4-16-44-34(11-1)37-27-31(19-22-46(37)55(44)33-21-24-49-39(29-33)36-13-3-6-18-48(36)57-49)32-20-23-47-38(28-32)35-12-2-5-17-45(35)56(47)50-53-42(40-14-7-9-25-51-40)30-43(54-50)41-15-8-10-26-52-41/h1-30H. The minimum Gasteiger partial charge on any atom is -0.456 e. The Morgan fingerprint density at radius 2 is 0.877 bits per heavy atom. The molecule has 0 saturated heterocycles. The zero-order valence-electron chi connectivity index (χ0n) is 30.4. The van der Waals surface area contributed by atoms with Crippen LogP contribution in [0.1, 0.15) is 0 Å². The third kappa shape index (κ3) is 4.92. The first kappa shape index (κ1) is 31.5. The van der Waals surface area contributed by atoms with E-state index in [0.717, 1.165) is 94.4 Å². The molecule has 0 bridgehead atoms. The molecule has 0 radical (unpaired) electrons. The van der Waals surface area contributed by atoms with Crippen LogP contribution in [0, 0.1) is 0 Å². The van der Waals surface area contributed by atoms with E-state index in [-0.39, 0.29) is 0 Å². The van der Waals surface area contributed by atoms with Crippen LogP contribution in [0.4, 0.5) is 0 Å². The van der Waals surface area contributed by atoms with Crippen LogP contribution in [0.2, 0.25) is 0 Å². The van der Waals surface area contributed by atoms with Gasteiger partial charge in [-0.25, -0.2) is 9.97 Å². The molecule has 0 fully saturated rings.